The van der Waals surface area contributed by atoms with Crippen LogP contribution < -0.4 is 16.0 Å². The van der Waals surface area contributed by atoms with Gasteiger partial charge in [-0.15, -0.1) is 0 Å². The van der Waals surface area contributed by atoms with E-state index in [1.54, 1.807) is 18.7 Å². The second kappa shape index (κ2) is 8.70. The van der Waals surface area contributed by atoms with E-state index in [2.05, 4.69) is 9.97 Å². The standard InChI is InChI=1S/C19H17ClN4O6/c20-10-2-3-12(30-7-1-5-24-6-4-22-9-24)11(8-10)13-14(18(26)27)16(21)23-17(25)15(13)19(28)29/h2-4,6,8-9H,1,5,7H2,(H,26,27)(H,28,29)(H3,21,23,25). The summed E-state index contributed by atoms with van der Waals surface area (Å²) in [6.07, 6.45) is 5.69. The number of hydrogen-bond acceptors (Lipinski definition) is 6. The van der Waals surface area contributed by atoms with Crippen LogP contribution in [0.2, 0.25) is 5.02 Å². The molecular formula is C19H17ClN4O6. The number of carbonyl (C=O) groups is 2. The van der Waals surface area contributed by atoms with Crippen LogP contribution in [-0.4, -0.2) is 43.3 Å². The summed E-state index contributed by atoms with van der Waals surface area (Å²) in [4.78, 5) is 41.8. The van der Waals surface area contributed by atoms with Gasteiger partial charge >= 0.3 is 11.9 Å². The SMILES string of the molecule is Nc1[nH]c(=O)c(C(=O)O)c(-c2cc(Cl)ccc2OCCCn2ccnc2)c1C(=O)O. The van der Waals surface area contributed by atoms with Crippen LogP contribution in [0.15, 0.2) is 41.7 Å². The van der Waals surface area contributed by atoms with E-state index in [1.165, 1.54) is 18.2 Å². The maximum absolute atomic E-state index is 12.2. The third kappa shape index (κ3) is 4.28. The third-order valence-electron chi connectivity index (χ3n) is 4.26. The van der Waals surface area contributed by atoms with Gasteiger partial charge in [0.25, 0.3) is 5.56 Å². The Morgan fingerprint density at radius 1 is 1.23 bits per heavy atom. The molecule has 2 heterocycles. The first-order valence-corrected chi connectivity index (χ1v) is 9.08. The average molecular weight is 433 g/mol. The monoisotopic (exact) mass is 432 g/mol. The van der Waals surface area contributed by atoms with Crippen LogP contribution in [0.3, 0.4) is 0 Å². The van der Waals surface area contributed by atoms with Crippen molar-refractivity contribution in [2.45, 2.75) is 13.0 Å². The van der Waals surface area contributed by atoms with Gasteiger partial charge in [-0.05, 0) is 24.6 Å². The van der Waals surface area contributed by atoms with Crippen molar-refractivity contribution in [3.8, 4) is 16.9 Å². The highest BCUT2D eigenvalue weighted by Gasteiger charge is 2.28. The van der Waals surface area contributed by atoms with Crippen molar-refractivity contribution in [1.82, 2.24) is 14.5 Å². The Labute approximate surface area is 174 Å². The fourth-order valence-electron chi connectivity index (χ4n) is 2.99. The van der Waals surface area contributed by atoms with E-state index >= 15 is 0 Å². The van der Waals surface area contributed by atoms with E-state index in [9.17, 15) is 24.6 Å². The lowest BCUT2D eigenvalue weighted by Crippen LogP contribution is -2.24. The summed E-state index contributed by atoms with van der Waals surface area (Å²) in [5, 5.41) is 19.4. The number of nitrogens with one attached hydrogen (secondary N) is 1. The van der Waals surface area contributed by atoms with Gasteiger partial charge in [0.2, 0.25) is 0 Å². The molecule has 156 valence electrons. The zero-order valence-corrected chi connectivity index (χ0v) is 16.2. The highest BCUT2D eigenvalue weighted by molar-refractivity contribution is 6.31. The minimum atomic E-state index is -1.61. The van der Waals surface area contributed by atoms with Gasteiger partial charge in [-0.1, -0.05) is 11.6 Å². The zero-order chi connectivity index (χ0) is 21.8. The Hall–Kier alpha value is -3.79. The lowest BCUT2D eigenvalue weighted by Gasteiger charge is -2.16. The van der Waals surface area contributed by atoms with Crippen LogP contribution in [0.25, 0.3) is 11.1 Å². The lowest BCUT2D eigenvalue weighted by atomic mass is 9.94. The van der Waals surface area contributed by atoms with E-state index < -0.39 is 34.4 Å². The van der Waals surface area contributed by atoms with Crippen molar-refractivity contribution in [2.24, 2.45) is 0 Å². The van der Waals surface area contributed by atoms with Gasteiger partial charge in [0, 0.05) is 35.1 Å². The third-order valence-corrected chi connectivity index (χ3v) is 4.50. The maximum Gasteiger partial charge on any atom is 0.342 e. The molecule has 2 aromatic heterocycles. The molecule has 0 saturated heterocycles. The molecule has 5 N–H and O–H groups in total. The molecule has 10 nitrogen and oxygen atoms in total. The number of ether oxygens (including phenoxy) is 1. The topological polar surface area (TPSA) is 161 Å². The fraction of sp³-hybridized carbons (Fsp3) is 0.158. The summed E-state index contributed by atoms with van der Waals surface area (Å²) in [5.74, 6) is -3.43. The molecule has 0 saturated carbocycles. The molecule has 0 amide bonds. The number of aromatic nitrogens is 3. The first kappa shape index (κ1) is 20.9. The summed E-state index contributed by atoms with van der Waals surface area (Å²) in [6, 6.07) is 4.32. The Bertz CT molecular complexity index is 1160. The van der Waals surface area contributed by atoms with E-state index in [-0.39, 0.29) is 28.5 Å². The van der Waals surface area contributed by atoms with Gasteiger partial charge in [-0.25, -0.2) is 14.6 Å². The molecule has 1 aromatic carbocycles. The fourth-order valence-corrected chi connectivity index (χ4v) is 3.16. The number of aromatic amines is 1. The zero-order valence-electron chi connectivity index (χ0n) is 15.5. The Balaban J connectivity index is 2.06. The summed E-state index contributed by atoms with van der Waals surface area (Å²) >= 11 is 6.06. The number of imidazole rings is 1. The van der Waals surface area contributed by atoms with Crippen LogP contribution >= 0.6 is 11.6 Å². The van der Waals surface area contributed by atoms with Crippen molar-refractivity contribution >= 4 is 29.4 Å². The molecular weight excluding hydrogens is 416 g/mol. The molecule has 0 fully saturated rings. The lowest BCUT2D eigenvalue weighted by molar-refractivity contribution is 0.0695. The number of nitrogen functional groups attached to an aromatic ring is 1. The Morgan fingerprint density at radius 3 is 2.60 bits per heavy atom. The van der Waals surface area contributed by atoms with Crippen LogP contribution in [0.1, 0.15) is 27.1 Å². The van der Waals surface area contributed by atoms with E-state index in [0.717, 1.165) is 0 Å². The van der Waals surface area contributed by atoms with Crippen LogP contribution in [-0.2, 0) is 6.54 Å². The molecule has 3 rings (SSSR count). The number of rotatable bonds is 8. The van der Waals surface area contributed by atoms with Gasteiger partial charge in [0.1, 0.15) is 22.7 Å². The van der Waals surface area contributed by atoms with Gasteiger partial charge in [-0.2, -0.15) is 0 Å². The molecule has 30 heavy (non-hydrogen) atoms. The predicted molar refractivity (Wildman–Crippen MR) is 108 cm³/mol. The highest BCUT2D eigenvalue weighted by Crippen LogP contribution is 2.37. The number of H-pyrrole nitrogens is 1. The molecule has 0 aliphatic carbocycles. The number of hydrogen-bond donors (Lipinski definition) is 4. The minimum Gasteiger partial charge on any atom is -0.493 e. The summed E-state index contributed by atoms with van der Waals surface area (Å²) in [6.45, 7) is 0.859. The normalized spacial score (nSPS) is 10.7. The Morgan fingerprint density at radius 2 is 1.97 bits per heavy atom. The van der Waals surface area contributed by atoms with Crippen molar-refractivity contribution in [2.75, 3.05) is 12.3 Å². The first-order valence-electron chi connectivity index (χ1n) is 8.70. The highest BCUT2D eigenvalue weighted by atomic mass is 35.5. The van der Waals surface area contributed by atoms with Crippen LogP contribution in [0.5, 0.6) is 5.75 Å². The molecule has 0 bridgehead atoms. The van der Waals surface area contributed by atoms with E-state index in [4.69, 9.17) is 22.1 Å². The van der Waals surface area contributed by atoms with Crippen LogP contribution in [0.4, 0.5) is 5.82 Å². The number of nitrogens with two attached hydrogens (primary N) is 1. The number of benzene rings is 1. The van der Waals surface area contributed by atoms with Crippen molar-refractivity contribution in [3.05, 3.63) is 63.4 Å². The molecule has 0 aliphatic rings. The number of pyridine rings is 1. The molecule has 11 heteroatoms. The number of nitrogens with zero attached hydrogens (tertiary/aromatic N) is 2. The second-order valence-corrected chi connectivity index (χ2v) is 6.68. The van der Waals surface area contributed by atoms with Gasteiger partial charge in [-0.3, -0.25) is 4.79 Å². The van der Waals surface area contributed by atoms with Crippen molar-refractivity contribution < 1.29 is 24.5 Å². The largest absolute Gasteiger partial charge is 0.493 e. The summed E-state index contributed by atoms with van der Waals surface area (Å²) in [5.41, 5.74) is 2.98. The number of carboxylic acid groups (broad SMARTS) is 2. The number of halogens is 1. The minimum absolute atomic E-state index is 0.0396. The van der Waals surface area contributed by atoms with Crippen molar-refractivity contribution in [1.29, 1.82) is 0 Å². The molecule has 0 radical (unpaired) electrons. The Kier molecular flexibility index (Phi) is 6.07. The van der Waals surface area contributed by atoms with Gasteiger partial charge in [0.15, 0.2) is 0 Å². The number of carboxylic acids is 2. The van der Waals surface area contributed by atoms with E-state index in [1.807, 2.05) is 4.57 Å². The van der Waals surface area contributed by atoms with Gasteiger partial charge < -0.3 is 30.2 Å². The average Bonchev–Trinajstić information content (AvgIpc) is 3.18. The first-order chi connectivity index (χ1) is 14.3. The quantitative estimate of drug-likeness (QED) is 0.394. The molecule has 3 aromatic rings. The smallest absolute Gasteiger partial charge is 0.342 e. The molecule has 0 unspecified atom stereocenters. The predicted octanol–water partition coefficient (Wildman–Crippen LogP) is 2.34. The molecule has 0 atom stereocenters. The number of anilines is 1. The molecule has 0 spiro atoms. The summed E-state index contributed by atoms with van der Waals surface area (Å²) in [7, 11) is 0. The number of aromatic carboxylic acids is 2. The molecule has 0 aliphatic heterocycles. The van der Waals surface area contributed by atoms with Gasteiger partial charge in [0.05, 0.1) is 12.9 Å². The van der Waals surface area contributed by atoms with Crippen molar-refractivity contribution in [3.63, 3.8) is 0 Å². The second-order valence-electron chi connectivity index (χ2n) is 6.25. The number of aryl methyl sites for hydroxylation is 1. The summed E-state index contributed by atoms with van der Waals surface area (Å²) < 4.78 is 7.62. The van der Waals surface area contributed by atoms with E-state index in [0.29, 0.717) is 13.0 Å². The maximum atomic E-state index is 12.2. The van der Waals surface area contributed by atoms with Crippen LogP contribution in [0, 0.1) is 0 Å².